The lowest BCUT2D eigenvalue weighted by atomic mass is 10.1. The van der Waals surface area contributed by atoms with E-state index in [4.69, 9.17) is 19.4 Å². The predicted octanol–water partition coefficient (Wildman–Crippen LogP) is -0.680. The van der Waals surface area contributed by atoms with Gasteiger partial charge in [-0.25, -0.2) is 15.1 Å². The van der Waals surface area contributed by atoms with E-state index in [-0.39, 0.29) is 5.82 Å². The van der Waals surface area contributed by atoms with Crippen molar-refractivity contribution in [3.8, 4) is 0 Å². The maximum absolute atomic E-state index is 12.2. The van der Waals surface area contributed by atoms with Gasteiger partial charge in [0.25, 0.3) is 0 Å². The van der Waals surface area contributed by atoms with E-state index in [9.17, 15) is 19.8 Å². The van der Waals surface area contributed by atoms with E-state index in [1.54, 1.807) is 13.8 Å². The molecule has 0 amide bonds. The van der Waals surface area contributed by atoms with Crippen LogP contribution in [0.1, 0.15) is 39.8 Å². The third kappa shape index (κ3) is 5.06. The van der Waals surface area contributed by atoms with Crippen molar-refractivity contribution >= 4 is 11.8 Å². The Hall–Kier alpha value is -2.05. The fourth-order valence-electron chi connectivity index (χ4n) is 2.53. The van der Waals surface area contributed by atoms with Crippen molar-refractivity contribution in [2.24, 2.45) is 0 Å². The molecule has 0 radical (unpaired) electrons. The van der Waals surface area contributed by atoms with Crippen molar-refractivity contribution in [2.75, 3.05) is 18.7 Å². The largest absolute Gasteiger partial charge is 0.394 e. The van der Waals surface area contributed by atoms with Gasteiger partial charge in [0, 0.05) is 18.9 Å². The number of rotatable bonds is 9. The lowest BCUT2D eigenvalue weighted by Gasteiger charge is -2.22. The zero-order valence-corrected chi connectivity index (χ0v) is 16.1. The van der Waals surface area contributed by atoms with E-state index in [1.807, 2.05) is 6.92 Å². The van der Waals surface area contributed by atoms with E-state index < -0.39 is 48.4 Å². The number of nitrogens with one attached hydrogen (secondary N) is 1. The number of aliphatic hydroxyl groups excluding tert-OH is 3. The molecule has 28 heavy (non-hydrogen) atoms. The molecule has 1 aliphatic rings. The van der Waals surface area contributed by atoms with Gasteiger partial charge in [0.05, 0.1) is 6.61 Å². The standard InChI is InChI=1S/C17H27N3O8/c1-4-5-8-26-17(2,3)15(24)28-19-11-6-7-20(16(25)18-11)14-13(23)12(22)10(9-21)27-14/h6-7,10,12-14,21-23H,4-5,8-9H2,1-3H3,(H,18,19,25)/t10-,12-,13-,14-/m1/s1. The lowest BCUT2D eigenvalue weighted by molar-refractivity contribution is -0.165. The number of carbonyl (C=O) groups is 1. The molecule has 1 aromatic rings. The normalized spacial score (nSPS) is 24.9. The molecule has 2 rings (SSSR count). The van der Waals surface area contributed by atoms with Gasteiger partial charge in [-0.1, -0.05) is 13.3 Å². The SMILES string of the molecule is CCCCOC(C)(C)C(=O)ONc1ccn([C@@H]2O[C@H](CO)[C@@H](O)[C@H]2O)c(=O)n1. The summed E-state index contributed by atoms with van der Waals surface area (Å²) in [5.74, 6) is -0.719. The van der Waals surface area contributed by atoms with E-state index in [1.165, 1.54) is 12.3 Å². The number of ether oxygens (including phenoxy) is 2. The highest BCUT2D eigenvalue weighted by atomic mass is 16.7. The van der Waals surface area contributed by atoms with E-state index in [0.29, 0.717) is 6.61 Å². The van der Waals surface area contributed by atoms with Crippen LogP contribution in [-0.2, 0) is 19.1 Å². The number of anilines is 1. The number of aliphatic hydroxyl groups is 3. The fraction of sp³-hybridized carbons (Fsp3) is 0.706. The molecule has 0 spiro atoms. The summed E-state index contributed by atoms with van der Waals surface area (Å²) in [5.41, 5.74) is 0.310. The minimum absolute atomic E-state index is 0.0364. The van der Waals surface area contributed by atoms with E-state index in [2.05, 4.69) is 10.5 Å². The number of nitrogens with zero attached hydrogens (tertiary/aromatic N) is 2. The van der Waals surface area contributed by atoms with Crippen LogP contribution in [0.15, 0.2) is 17.1 Å². The van der Waals surface area contributed by atoms with Gasteiger partial charge in [-0.3, -0.25) is 4.57 Å². The van der Waals surface area contributed by atoms with Crippen LogP contribution in [0.2, 0.25) is 0 Å². The predicted molar refractivity (Wildman–Crippen MR) is 96.2 cm³/mol. The molecule has 0 bridgehead atoms. The molecular weight excluding hydrogens is 374 g/mol. The lowest BCUT2D eigenvalue weighted by Crippen LogP contribution is -2.38. The summed E-state index contributed by atoms with van der Waals surface area (Å²) in [6, 6.07) is 1.33. The Kier molecular flexibility index (Phi) is 7.49. The number of aromatic nitrogens is 2. The summed E-state index contributed by atoms with van der Waals surface area (Å²) in [6.07, 6.45) is -1.96. The topological polar surface area (TPSA) is 152 Å². The Labute approximate surface area is 161 Å². The summed E-state index contributed by atoms with van der Waals surface area (Å²) < 4.78 is 11.7. The summed E-state index contributed by atoms with van der Waals surface area (Å²) in [7, 11) is 0. The molecule has 4 atom stereocenters. The number of hydrogen-bond donors (Lipinski definition) is 4. The highest BCUT2D eigenvalue weighted by molar-refractivity contribution is 5.79. The van der Waals surface area contributed by atoms with Crippen LogP contribution >= 0.6 is 0 Å². The maximum atomic E-state index is 12.2. The molecular formula is C17H27N3O8. The summed E-state index contributed by atoms with van der Waals surface area (Å²) in [4.78, 5) is 33.0. The first-order chi connectivity index (χ1) is 13.2. The Bertz CT molecular complexity index is 723. The molecule has 158 valence electrons. The van der Waals surface area contributed by atoms with Crippen LogP contribution in [-0.4, -0.2) is 68.0 Å². The van der Waals surface area contributed by atoms with Crippen molar-refractivity contribution < 1.29 is 34.4 Å². The molecule has 0 unspecified atom stereocenters. The monoisotopic (exact) mass is 401 g/mol. The van der Waals surface area contributed by atoms with Gasteiger partial charge in [-0.2, -0.15) is 4.98 Å². The Morgan fingerprint density at radius 1 is 1.39 bits per heavy atom. The van der Waals surface area contributed by atoms with Gasteiger partial charge >= 0.3 is 11.7 Å². The summed E-state index contributed by atoms with van der Waals surface area (Å²) in [6.45, 7) is 5.05. The third-order valence-corrected chi connectivity index (χ3v) is 4.32. The molecule has 1 saturated heterocycles. The Morgan fingerprint density at radius 2 is 2.11 bits per heavy atom. The first-order valence-corrected chi connectivity index (χ1v) is 9.04. The van der Waals surface area contributed by atoms with Gasteiger partial charge in [0.1, 0.15) is 18.3 Å². The molecule has 0 aromatic carbocycles. The van der Waals surface area contributed by atoms with Crippen molar-refractivity contribution in [3.63, 3.8) is 0 Å². The second-order valence-corrected chi connectivity index (χ2v) is 6.94. The summed E-state index contributed by atoms with van der Waals surface area (Å²) in [5, 5.41) is 28.9. The fourth-order valence-corrected chi connectivity index (χ4v) is 2.53. The summed E-state index contributed by atoms with van der Waals surface area (Å²) >= 11 is 0. The zero-order valence-electron chi connectivity index (χ0n) is 16.1. The van der Waals surface area contributed by atoms with Crippen molar-refractivity contribution in [3.05, 3.63) is 22.7 Å². The quantitative estimate of drug-likeness (QED) is 0.309. The van der Waals surface area contributed by atoms with Crippen molar-refractivity contribution in [1.82, 2.24) is 9.55 Å². The molecule has 11 heteroatoms. The Balaban J connectivity index is 1.99. The van der Waals surface area contributed by atoms with Gasteiger partial charge in [0.15, 0.2) is 17.6 Å². The maximum Gasteiger partial charge on any atom is 0.363 e. The number of carbonyl (C=O) groups excluding carboxylic acids is 1. The Morgan fingerprint density at radius 3 is 2.68 bits per heavy atom. The second kappa shape index (κ2) is 9.43. The van der Waals surface area contributed by atoms with Gasteiger partial charge in [-0.05, 0) is 20.3 Å². The highest BCUT2D eigenvalue weighted by Gasteiger charge is 2.43. The van der Waals surface area contributed by atoms with Gasteiger partial charge in [0.2, 0.25) is 0 Å². The number of unbranched alkanes of at least 4 members (excludes halogenated alkanes) is 1. The van der Waals surface area contributed by atoms with Crippen LogP contribution in [0.3, 0.4) is 0 Å². The van der Waals surface area contributed by atoms with Crippen LogP contribution < -0.4 is 11.2 Å². The molecule has 1 aromatic heterocycles. The first kappa shape index (κ1) is 22.2. The molecule has 0 aliphatic carbocycles. The van der Waals surface area contributed by atoms with E-state index >= 15 is 0 Å². The third-order valence-electron chi connectivity index (χ3n) is 4.32. The first-order valence-electron chi connectivity index (χ1n) is 9.04. The zero-order chi connectivity index (χ0) is 20.9. The second-order valence-electron chi connectivity index (χ2n) is 6.94. The van der Waals surface area contributed by atoms with Gasteiger partial charge < -0.3 is 29.6 Å². The molecule has 1 fully saturated rings. The van der Waals surface area contributed by atoms with Crippen LogP contribution in [0.25, 0.3) is 0 Å². The minimum atomic E-state index is -1.41. The molecule has 11 nitrogen and oxygen atoms in total. The molecule has 1 aliphatic heterocycles. The van der Waals surface area contributed by atoms with Crippen molar-refractivity contribution in [2.45, 2.75) is 63.8 Å². The van der Waals surface area contributed by atoms with Gasteiger partial charge in [-0.15, -0.1) is 0 Å². The minimum Gasteiger partial charge on any atom is -0.394 e. The average Bonchev–Trinajstić information content (AvgIpc) is 2.94. The van der Waals surface area contributed by atoms with Crippen LogP contribution in [0.4, 0.5) is 5.82 Å². The van der Waals surface area contributed by atoms with Crippen LogP contribution in [0, 0.1) is 0 Å². The van der Waals surface area contributed by atoms with Crippen LogP contribution in [0.5, 0.6) is 0 Å². The number of hydrogen-bond acceptors (Lipinski definition) is 10. The molecule has 2 heterocycles. The molecule has 0 saturated carbocycles. The molecule has 4 N–H and O–H groups in total. The van der Waals surface area contributed by atoms with Crippen molar-refractivity contribution in [1.29, 1.82) is 0 Å². The average molecular weight is 401 g/mol. The van der Waals surface area contributed by atoms with E-state index in [0.717, 1.165) is 17.4 Å². The smallest absolute Gasteiger partial charge is 0.363 e. The highest BCUT2D eigenvalue weighted by Crippen LogP contribution is 2.28.